The van der Waals surface area contributed by atoms with Gasteiger partial charge in [-0.3, -0.25) is 9.78 Å². The van der Waals surface area contributed by atoms with Gasteiger partial charge in [-0.05, 0) is 31.2 Å². The smallest absolute Gasteiger partial charge is 0.337 e. The molecule has 0 aliphatic rings. The Labute approximate surface area is 130 Å². The van der Waals surface area contributed by atoms with Crippen LogP contribution in [0.4, 0.5) is 5.69 Å². The number of aryl methyl sites for hydroxylation is 1. The summed E-state index contributed by atoms with van der Waals surface area (Å²) in [7, 11) is 0. The second-order valence-electron chi connectivity index (χ2n) is 4.26. The Bertz CT molecular complexity index is 732. The molecule has 1 amide bonds. The maximum atomic E-state index is 12.1. The van der Waals surface area contributed by atoms with Crippen molar-refractivity contribution < 1.29 is 14.7 Å². The summed E-state index contributed by atoms with van der Waals surface area (Å²) in [6, 6.07) is 5.70. The molecule has 1 aromatic heterocycles. The number of pyridine rings is 1. The number of carbonyl (C=O) groups excluding carboxylic acids is 1. The highest BCUT2D eigenvalue weighted by molar-refractivity contribution is 6.35. The van der Waals surface area contributed by atoms with Crippen molar-refractivity contribution in [2.45, 2.75) is 6.92 Å². The Hall–Kier alpha value is -2.11. The first-order chi connectivity index (χ1) is 9.88. The molecule has 2 rings (SSSR count). The minimum Gasteiger partial charge on any atom is -0.478 e. The summed E-state index contributed by atoms with van der Waals surface area (Å²) in [6.07, 6.45) is 1.38. The lowest BCUT2D eigenvalue weighted by molar-refractivity contribution is 0.0697. The number of benzene rings is 1. The van der Waals surface area contributed by atoms with E-state index in [1.54, 1.807) is 13.0 Å². The quantitative estimate of drug-likeness (QED) is 0.903. The molecule has 0 aliphatic carbocycles. The number of aromatic carboxylic acids is 1. The van der Waals surface area contributed by atoms with E-state index in [0.29, 0.717) is 11.4 Å². The summed E-state index contributed by atoms with van der Waals surface area (Å²) >= 11 is 11.8. The van der Waals surface area contributed by atoms with E-state index in [9.17, 15) is 9.59 Å². The summed E-state index contributed by atoms with van der Waals surface area (Å²) in [5, 5.41) is 11.8. The van der Waals surface area contributed by atoms with Gasteiger partial charge in [-0.2, -0.15) is 0 Å². The second-order valence-corrected chi connectivity index (χ2v) is 5.07. The SMILES string of the molecule is Cc1cc(Cl)c(C(=O)Nc2ccc(C(=O)O)c(Cl)c2)cn1. The van der Waals surface area contributed by atoms with Crippen molar-refractivity contribution in [1.29, 1.82) is 0 Å². The molecule has 1 heterocycles. The zero-order valence-electron chi connectivity index (χ0n) is 10.9. The first-order valence-corrected chi connectivity index (χ1v) is 6.60. The molecule has 108 valence electrons. The van der Waals surface area contributed by atoms with Crippen molar-refractivity contribution in [1.82, 2.24) is 4.98 Å². The van der Waals surface area contributed by atoms with Gasteiger partial charge in [0.25, 0.3) is 5.91 Å². The Morgan fingerprint density at radius 2 is 1.81 bits per heavy atom. The Morgan fingerprint density at radius 3 is 2.38 bits per heavy atom. The number of halogens is 2. The number of amides is 1. The van der Waals surface area contributed by atoms with Gasteiger partial charge in [0.05, 0.1) is 21.2 Å². The molecule has 0 unspecified atom stereocenters. The topological polar surface area (TPSA) is 79.3 Å². The molecule has 2 N–H and O–H groups in total. The molecule has 0 fully saturated rings. The first kappa shape index (κ1) is 15.3. The molecule has 2 aromatic rings. The molecular weight excluding hydrogens is 315 g/mol. The average molecular weight is 325 g/mol. The van der Waals surface area contributed by atoms with Crippen LogP contribution in [0.25, 0.3) is 0 Å². The molecule has 21 heavy (non-hydrogen) atoms. The predicted octanol–water partition coefficient (Wildman–Crippen LogP) is 3.65. The first-order valence-electron chi connectivity index (χ1n) is 5.85. The standard InChI is InChI=1S/C14H10Cl2N2O3/c1-7-4-11(15)10(6-17-7)13(19)18-8-2-3-9(14(20)21)12(16)5-8/h2-6H,1H3,(H,18,19)(H,20,21). The van der Waals surface area contributed by atoms with Crippen molar-refractivity contribution in [2.75, 3.05) is 5.32 Å². The second kappa shape index (κ2) is 6.11. The normalized spacial score (nSPS) is 10.2. The van der Waals surface area contributed by atoms with Crippen LogP contribution in [-0.2, 0) is 0 Å². The Morgan fingerprint density at radius 1 is 1.14 bits per heavy atom. The molecule has 0 bridgehead atoms. The highest BCUT2D eigenvalue weighted by Crippen LogP contribution is 2.22. The summed E-state index contributed by atoms with van der Waals surface area (Å²) in [5.41, 5.74) is 1.25. The van der Waals surface area contributed by atoms with Gasteiger partial charge in [0, 0.05) is 17.6 Å². The van der Waals surface area contributed by atoms with Gasteiger partial charge < -0.3 is 10.4 Å². The third-order valence-electron chi connectivity index (χ3n) is 2.69. The van der Waals surface area contributed by atoms with E-state index in [4.69, 9.17) is 28.3 Å². The van der Waals surface area contributed by atoms with Crippen LogP contribution < -0.4 is 5.32 Å². The molecule has 0 saturated heterocycles. The number of hydrogen-bond acceptors (Lipinski definition) is 3. The summed E-state index contributed by atoms with van der Waals surface area (Å²) in [4.78, 5) is 26.9. The van der Waals surface area contributed by atoms with Gasteiger partial charge in [-0.25, -0.2) is 4.79 Å². The van der Waals surface area contributed by atoms with Crippen molar-refractivity contribution in [3.63, 3.8) is 0 Å². The maximum absolute atomic E-state index is 12.1. The lowest BCUT2D eigenvalue weighted by atomic mass is 10.2. The van der Waals surface area contributed by atoms with Crippen LogP contribution >= 0.6 is 23.2 Å². The van der Waals surface area contributed by atoms with Crippen LogP contribution in [0.2, 0.25) is 10.0 Å². The van der Waals surface area contributed by atoms with E-state index < -0.39 is 11.9 Å². The van der Waals surface area contributed by atoms with E-state index in [-0.39, 0.29) is 21.2 Å². The fraction of sp³-hybridized carbons (Fsp3) is 0.0714. The maximum Gasteiger partial charge on any atom is 0.337 e. The largest absolute Gasteiger partial charge is 0.478 e. The van der Waals surface area contributed by atoms with Crippen molar-refractivity contribution in [3.8, 4) is 0 Å². The molecule has 1 aromatic carbocycles. The van der Waals surface area contributed by atoms with E-state index in [1.165, 1.54) is 24.4 Å². The molecule has 0 radical (unpaired) electrons. The van der Waals surface area contributed by atoms with Gasteiger partial charge in [-0.1, -0.05) is 23.2 Å². The van der Waals surface area contributed by atoms with Crippen molar-refractivity contribution in [3.05, 3.63) is 57.3 Å². The summed E-state index contributed by atoms with van der Waals surface area (Å²) < 4.78 is 0. The summed E-state index contributed by atoms with van der Waals surface area (Å²) in [5.74, 6) is -1.59. The van der Waals surface area contributed by atoms with Gasteiger partial charge in [0.15, 0.2) is 0 Å². The molecule has 7 heteroatoms. The lowest BCUT2D eigenvalue weighted by Gasteiger charge is -2.08. The molecule has 0 atom stereocenters. The van der Waals surface area contributed by atoms with Crippen LogP contribution in [-0.4, -0.2) is 22.0 Å². The van der Waals surface area contributed by atoms with E-state index in [2.05, 4.69) is 10.3 Å². The fourth-order valence-electron chi connectivity index (χ4n) is 1.66. The zero-order valence-corrected chi connectivity index (χ0v) is 12.4. The third kappa shape index (κ3) is 3.51. The molecule has 0 aliphatic heterocycles. The van der Waals surface area contributed by atoms with Crippen LogP contribution in [0.3, 0.4) is 0 Å². The predicted molar refractivity (Wildman–Crippen MR) is 80.3 cm³/mol. The Balaban J connectivity index is 2.23. The van der Waals surface area contributed by atoms with Gasteiger partial charge in [0.2, 0.25) is 0 Å². The van der Waals surface area contributed by atoms with Crippen LogP contribution in [0.5, 0.6) is 0 Å². The van der Waals surface area contributed by atoms with Crippen LogP contribution in [0.15, 0.2) is 30.5 Å². The van der Waals surface area contributed by atoms with Gasteiger partial charge in [0.1, 0.15) is 0 Å². The van der Waals surface area contributed by atoms with E-state index in [0.717, 1.165) is 0 Å². The highest BCUT2D eigenvalue weighted by Gasteiger charge is 2.13. The number of anilines is 1. The van der Waals surface area contributed by atoms with Crippen LogP contribution in [0, 0.1) is 6.92 Å². The number of nitrogens with one attached hydrogen (secondary N) is 1. The van der Waals surface area contributed by atoms with Crippen molar-refractivity contribution in [2.24, 2.45) is 0 Å². The number of carboxylic acid groups (broad SMARTS) is 1. The molecular formula is C14H10Cl2N2O3. The minimum absolute atomic E-state index is 0.0356. The van der Waals surface area contributed by atoms with Crippen LogP contribution in [0.1, 0.15) is 26.4 Å². The monoisotopic (exact) mass is 324 g/mol. The molecule has 5 nitrogen and oxygen atoms in total. The number of aromatic nitrogens is 1. The number of hydrogen-bond donors (Lipinski definition) is 2. The van der Waals surface area contributed by atoms with Gasteiger partial charge >= 0.3 is 5.97 Å². The van der Waals surface area contributed by atoms with E-state index in [1.807, 2.05) is 0 Å². The molecule has 0 spiro atoms. The number of carboxylic acids is 1. The third-order valence-corrected chi connectivity index (χ3v) is 3.32. The minimum atomic E-state index is -1.14. The fourth-order valence-corrected chi connectivity index (χ4v) is 2.21. The van der Waals surface area contributed by atoms with Gasteiger partial charge in [-0.15, -0.1) is 0 Å². The Kier molecular flexibility index (Phi) is 4.45. The number of nitrogens with zero attached hydrogens (tertiary/aromatic N) is 1. The molecule has 0 saturated carbocycles. The summed E-state index contributed by atoms with van der Waals surface area (Å²) in [6.45, 7) is 1.76. The number of rotatable bonds is 3. The van der Waals surface area contributed by atoms with Crippen molar-refractivity contribution >= 4 is 40.8 Å². The zero-order chi connectivity index (χ0) is 15.6. The lowest BCUT2D eigenvalue weighted by Crippen LogP contribution is -2.13. The average Bonchev–Trinajstić information content (AvgIpc) is 2.37. The van der Waals surface area contributed by atoms with E-state index >= 15 is 0 Å². The highest BCUT2D eigenvalue weighted by atomic mass is 35.5. The number of carbonyl (C=O) groups is 2.